The van der Waals surface area contributed by atoms with E-state index in [1.54, 1.807) is 0 Å². The van der Waals surface area contributed by atoms with Crippen LogP contribution in [-0.2, 0) is 19.4 Å². The molecule has 12 heavy (non-hydrogen) atoms. The molecule has 6 heteroatoms. The van der Waals surface area contributed by atoms with Crippen LogP contribution in [0.5, 0.6) is 0 Å². The van der Waals surface area contributed by atoms with E-state index in [2.05, 4.69) is 9.78 Å². The predicted molar refractivity (Wildman–Crippen MR) is 35.5 cm³/mol. The van der Waals surface area contributed by atoms with E-state index in [1.807, 2.05) is 0 Å². The summed E-state index contributed by atoms with van der Waals surface area (Å²) in [6.07, 6.45) is -1.32. The zero-order valence-electron chi connectivity index (χ0n) is 6.68. The quantitative estimate of drug-likeness (QED) is 0.317. The number of carbonyl (C=O) groups is 2. The van der Waals surface area contributed by atoms with Crippen molar-refractivity contribution in [3.63, 3.8) is 0 Å². The zero-order chi connectivity index (χ0) is 9.78. The van der Waals surface area contributed by atoms with Gasteiger partial charge < -0.3 is 10.2 Å². The maximum Gasteiger partial charge on any atom is 0.389 e. The van der Waals surface area contributed by atoms with Crippen molar-refractivity contribution in [3.8, 4) is 0 Å². The molecule has 2 unspecified atom stereocenters. The predicted octanol–water partition coefficient (Wildman–Crippen LogP) is -1.25. The average molecular weight is 178 g/mol. The van der Waals surface area contributed by atoms with E-state index in [1.165, 1.54) is 6.92 Å². The summed E-state index contributed by atoms with van der Waals surface area (Å²) in [6.45, 7) is 2.12. The third-order valence-corrected chi connectivity index (χ3v) is 1.39. The monoisotopic (exact) mass is 178 g/mol. The molecule has 70 valence electrons. The first-order valence-corrected chi connectivity index (χ1v) is 3.14. The molecule has 0 fully saturated rings. The summed E-state index contributed by atoms with van der Waals surface area (Å²) in [5.41, 5.74) is -2.08. The van der Waals surface area contributed by atoms with E-state index in [9.17, 15) is 9.59 Å². The summed E-state index contributed by atoms with van der Waals surface area (Å²) in [6, 6.07) is 0. The minimum absolute atomic E-state index is 0.115. The van der Waals surface area contributed by atoms with Gasteiger partial charge in [-0.15, -0.1) is 0 Å². The topological polar surface area (TPSA) is 93.1 Å². The second-order valence-electron chi connectivity index (χ2n) is 2.39. The van der Waals surface area contributed by atoms with Gasteiger partial charge in [-0.05, 0) is 13.8 Å². The standard InChI is InChI=1S/C6H10O6/c1-4(8)6(2,10)5(9)12-11-3-7/h3-4,8,10H,1-2H3. The van der Waals surface area contributed by atoms with Gasteiger partial charge in [-0.25, -0.2) is 9.68 Å². The molecule has 0 aliphatic rings. The van der Waals surface area contributed by atoms with Gasteiger partial charge in [0.15, 0.2) is 5.60 Å². The van der Waals surface area contributed by atoms with E-state index >= 15 is 0 Å². The lowest BCUT2D eigenvalue weighted by Gasteiger charge is -2.21. The van der Waals surface area contributed by atoms with E-state index in [-0.39, 0.29) is 6.47 Å². The lowest BCUT2D eigenvalue weighted by atomic mass is 10.0. The van der Waals surface area contributed by atoms with Crippen LogP contribution in [0.25, 0.3) is 0 Å². The van der Waals surface area contributed by atoms with Crippen molar-refractivity contribution in [3.05, 3.63) is 0 Å². The van der Waals surface area contributed by atoms with Gasteiger partial charge in [0.25, 0.3) is 0 Å². The average Bonchev–Trinajstić information content (AvgIpc) is 1.99. The largest absolute Gasteiger partial charge is 0.390 e. The second kappa shape index (κ2) is 4.03. The highest BCUT2D eigenvalue weighted by Gasteiger charge is 2.38. The molecule has 0 heterocycles. The number of aliphatic hydroxyl groups is 2. The maximum absolute atomic E-state index is 10.7. The molecule has 0 radical (unpaired) electrons. The van der Waals surface area contributed by atoms with Crippen LogP contribution in [0.4, 0.5) is 0 Å². The number of hydrogen-bond acceptors (Lipinski definition) is 6. The van der Waals surface area contributed by atoms with Crippen molar-refractivity contribution in [2.24, 2.45) is 0 Å². The van der Waals surface area contributed by atoms with Gasteiger partial charge in [-0.3, -0.25) is 9.68 Å². The van der Waals surface area contributed by atoms with Gasteiger partial charge >= 0.3 is 12.4 Å². The van der Waals surface area contributed by atoms with Gasteiger partial charge in [-0.1, -0.05) is 0 Å². The first kappa shape index (κ1) is 10.9. The molecule has 0 aromatic carbocycles. The Morgan fingerprint density at radius 2 is 2.17 bits per heavy atom. The van der Waals surface area contributed by atoms with Crippen molar-refractivity contribution in [1.29, 1.82) is 0 Å². The second-order valence-corrected chi connectivity index (χ2v) is 2.39. The van der Waals surface area contributed by atoms with Crippen molar-refractivity contribution in [1.82, 2.24) is 0 Å². The lowest BCUT2D eigenvalue weighted by molar-refractivity contribution is -0.264. The fraction of sp³-hybridized carbons (Fsp3) is 0.667. The van der Waals surface area contributed by atoms with Crippen molar-refractivity contribution >= 4 is 12.4 Å². The summed E-state index contributed by atoms with van der Waals surface area (Å²) >= 11 is 0. The Bertz CT molecular complexity index is 173. The SMILES string of the molecule is CC(O)C(C)(O)C(=O)OOC=O. The van der Waals surface area contributed by atoms with Crippen molar-refractivity contribution < 1.29 is 29.6 Å². The van der Waals surface area contributed by atoms with Crippen LogP contribution in [0.15, 0.2) is 0 Å². The fourth-order valence-corrected chi connectivity index (χ4v) is 0.318. The molecule has 0 aromatic heterocycles. The minimum atomic E-state index is -2.08. The Hall–Kier alpha value is -1.14. The Morgan fingerprint density at radius 1 is 1.67 bits per heavy atom. The Kier molecular flexibility index (Phi) is 3.65. The molecule has 2 atom stereocenters. The van der Waals surface area contributed by atoms with Crippen LogP contribution in [-0.4, -0.2) is 34.4 Å². The van der Waals surface area contributed by atoms with Crippen LogP contribution in [0.1, 0.15) is 13.8 Å². The summed E-state index contributed by atoms with van der Waals surface area (Å²) in [4.78, 5) is 27.7. The fourth-order valence-electron chi connectivity index (χ4n) is 0.318. The van der Waals surface area contributed by atoms with Gasteiger partial charge in [0, 0.05) is 0 Å². The highest BCUT2D eigenvalue weighted by Crippen LogP contribution is 2.11. The summed E-state index contributed by atoms with van der Waals surface area (Å²) < 4.78 is 0. The highest BCUT2D eigenvalue weighted by molar-refractivity contribution is 5.79. The number of aliphatic hydroxyl groups excluding tert-OH is 1. The van der Waals surface area contributed by atoms with Gasteiger partial charge in [0.2, 0.25) is 0 Å². The van der Waals surface area contributed by atoms with E-state index in [4.69, 9.17) is 10.2 Å². The number of rotatable bonds is 4. The molecule has 0 spiro atoms. The smallest absolute Gasteiger partial charge is 0.389 e. The molecule has 0 aliphatic heterocycles. The van der Waals surface area contributed by atoms with Gasteiger partial charge in [-0.2, -0.15) is 0 Å². The Morgan fingerprint density at radius 3 is 2.50 bits per heavy atom. The van der Waals surface area contributed by atoms with Gasteiger partial charge in [0.1, 0.15) is 0 Å². The van der Waals surface area contributed by atoms with E-state index in [0.717, 1.165) is 6.92 Å². The first-order chi connectivity index (χ1) is 5.42. The third-order valence-electron chi connectivity index (χ3n) is 1.39. The van der Waals surface area contributed by atoms with Crippen LogP contribution < -0.4 is 0 Å². The van der Waals surface area contributed by atoms with Gasteiger partial charge in [0.05, 0.1) is 6.10 Å². The first-order valence-electron chi connectivity index (χ1n) is 3.14. The number of carbonyl (C=O) groups excluding carboxylic acids is 2. The van der Waals surface area contributed by atoms with E-state index < -0.39 is 17.7 Å². The third kappa shape index (κ3) is 2.48. The molecule has 0 aliphatic carbocycles. The molecule has 0 rings (SSSR count). The minimum Gasteiger partial charge on any atom is -0.390 e. The molecular weight excluding hydrogens is 168 g/mol. The Labute approximate surface area is 68.6 Å². The summed E-state index contributed by atoms with van der Waals surface area (Å²) in [5, 5.41) is 18.0. The van der Waals surface area contributed by atoms with Crippen LogP contribution in [0.3, 0.4) is 0 Å². The molecule has 0 saturated heterocycles. The zero-order valence-corrected chi connectivity index (χ0v) is 6.68. The molecular formula is C6H10O6. The highest BCUT2D eigenvalue weighted by atomic mass is 17.2. The van der Waals surface area contributed by atoms with Crippen molar-refractivity contribution in [2.45, 2.75) is 25.6 Å². The summed E-state index contributed by atoms with van der Waals surface area (Å²) in [7, 11) is 0. The Balaban J connectivity index is 4.15. The lowest BCUT2D eigenvalue weighted by Crippen LogP contribution is -2.46. The maximum atomic E-state index is 10.7. The number of hydrogen-bond donors (Lipinski definition) is 2. The molecule has 0 saturated carbocycles. The van der Waals surface area contributed by atoms with Crippen molar-refractivity contribution in [2.75, 3.05) is 0 Å². The summed E-state index contributed by atoms with van der Waals surface area (Å²) in [5.74, 6) is -1.23. The van der Waals surface area contributed by atoms with Crippen LogP contribution in [0, 0.1) is 0 Å². The van der Waals surface area contributed by atoms with Crippen LogP contribution >= 0.6 is 0 Å². The molecule has 2 N–H and O–H groups in total. The van der Waals surface area contributed by atoms with Crippen LogP contribution in [0.2, 0.25) is 0 Å². The molecule has 0 amide bonds. The van der Waals surface area contributed by atoms with E-state index in [0.29, 0.717) is 0 Å². The molecule has 0 aromatic rings. The molecule has 0 bridgehead atoms. The normalized spacial score (nSPS) is 17.3. The molecule has 6 nitrogen and oxygen atoms in total.